The van der Waals surface area contributed by atoms with E-state index in [0.29, 0.717) is 0 Å². The molecule has 0 unspecified atom stereocenters. The van der Waals surface area contributed by atoms with Crippen molar-refractivity contribution in [2.45, 2.75) is 71.6 Å². The van der Waals surface area contributed by atoms with Gasteiger partial charge in [0.05, 0.1) is 0 Å². The van der Waals surface area contributed by atoms with Gasteiger partial charge in [-0.15, -0.1) is 0 Å². The van der Waals surface area contributed by atoms with Crippen molar-refractivity contribution in [1.29, 1.82) is 0 Å². The Morgan fingerprint density at radius 1 is 0.283 bits per heavy atom. The van der Waals surface area contributed by atoms with Crippen LogP contribution in [0.1, 0.15) is 86.1 Å². The number of rotatable bonds is 5. The first-order valence-corrected chi connectivity index (χ1v) is 23.7. The van der Waals surface area contributed by atoms with E-state index < -0.39 is 8.07 Å². The molecule has 8 aromatic rings. The number of hydrogen-bond acceptors (Lipinski definition) is 0. The summed E-state index contributed by atoms with van der Waals surface area (Å²) in [6, 6.07) is 66.4. The second-order valence-corrected chi connectivity index (χ2v) is 23.3. The molecule has 0 saturated heterocycles. The van der Waals surface area contributed by atoms with Crippen molar-refractivity contribution in [1.82, 2.24) is 0 Å². The highest BCUT2D eigenvalue weighted by Crippen LogP contribution is 2.53. The van der Waals surface area contributed by atoms with Gasteiger partial charge in [0.1, 0.15) is 0 Å². The molecule has 3 aliphatic carbocycles. The van der Waals surface area contributed by atoms with Crippen molar-refractivity contribution in [3.8, 4) is 44.5 Å². The van der Waals surface area contributed by atoms with Crippen LogP contribution in [0.3, 0.4) is 0 Å². The van der Waals surface area contributed by atoms with Gasteiger partial charge >= 0.3 is 0 Å². The molecule has 0 radical (unpaired) electrons. The lowest BCUT2D eigenvalue weighted by Crippen LogP contribution is -2.75. The molecule has 1 heteroatoms. The minimum absolute atomic E-state index is 0.0408. The molecule has 0 N–H and O–H groups in total. The Hall–Kier alpha value is -6.02. The third kappa shape index (κ3) is 5.02. The van der Waals surface area contributed by atoms with Crippen LogP contribution < -0.4 is 20.7 Å². The number of aryl methyl sites for hydroxylation is 2. The third-order valence-electron chi connectivity index (χ3n) is 15.0. The molecule has 0 aromatic heterocycles. The van der Waals surface area contributed by atoms with Crippen molar-refractivity contribution < 1.29 is 0 Å². The molecule has 0 nitrogen and oxygen atoms in total. The Kier molecular flexibility index (Phi) is 7.86. The fourth-order valence-electron chi connectivity index (χ4n) is 11.6. The normalized spacial score (nSPS) is 15.7. The summed E-state index contributed by atoms with van der Waals surface area (Å²) >= 11 is 0. The van der Waals surface area contributed by atoms with Crippen LogP contribution in [-0.2, 0) is 16.2 Å². The second kappa shape index (κ2) is 12.7. The molecular weight excluding hydrogens is 737 g/mol. The zero-order chi connectivity index (χ0) is 41.3. The molecule has 0 aliphatic heterocycles. The topological polar surface area (TPSA) is 0 Å². The molecule has 0 amide bonds. The summed E-state index contributed by atoms with van der Waals surface area (Å²) in [5.41, 5.74) is 21.6. The maximum atomic E-state index is 2.62. The highest BCUT2D eigenvalue weighted by Gasteiger charge is 2.46. The van der Waals surface area contributed by atoms with Crippen LogP contribution in [0.25, 0.3) is 44.5 Å². The van der Waals surface area contributed by atoms with E-state index in [4.69, 9.17) is 0 Å². The van der Waals surface area contributed by atoms with Gasteiger partial charge in [-0.25, -0.2) is 0 Å². The Morgan fingerprint density at radius 2 is 0.583 bits per heavy atom. The summed E-state index contributed by atoms with van der Waals surface area (Å²) in [6.45, 7) is 18.9. The summed E-state index contributed by atoms with van der Waals surface area (Å²) in [5.74, 6) is 0. The largest absolute Gasteiger partial charge is 0.179 e. The van der Waals surface area contributed by atoms with Crippen LogP contribution in [0.4, 0.5) is 0 Å². The summed E-state index contributed by atoms with van der Waals surface area (Å²) in [6.07, 6.45) is 0. The average Bonchev–Trinajstić information content (AvgIpc) is 3.72. The van der Waals surface area contributed by atoms with Gasteiger partial charge in [0.25, 0.3) is 0 Å². The highest BCUT2D eigenvalue weighted by atomic mass is 28.3. The van der Waals surface area contributed by atoms with Crippen LogP contribution in [0.2, 0.25) is 0 Å². The van der Waals surface area contributed by atoms with Gasteiger partial charge in [-0.3, -0.25) is 0 Å². The number of benzene rings is 8. The van der Waals surface area contributed by atoms with Crippen molar-refractivity contribution in [2.24, 2.45) is 0 Å². The first kappa shape index (κ1) is 37.0. The van der Waals surface area contributed by atoms with E-state index >= 15 is 0 Å². The molecule has 292 valence electrons. The van der Waals surface area contributed by atoms with Crippen molar-refractivity contribution in [2.75, 3.05) is 0 Å². The molecule has 0 saturated carbocycles. The second-order valence-electron chi connectivity index (χ2n) is 19.5. The fraction of sp³-hybridized carbons (Fsp3) is 0.186. The minimum atomic E-state index is -2.85. The van der Waals surface area contributed by atoms with Crippen LogP contribution in [-0.4, -0.2) is 8.07 Å². The van der Waals surface area contributed by atoms with E-state index in [1.54, 1.807) is 0 Å². The van der Waals surface area contributed by atoms with Crippen LogP contribution in [0, 0.1) is 13.8 Å². The Balaban J connectivity index is 1.07. The molecule has 3 aliphatic rings. The van der Waals surface area contributed by atoms with Crippen molar-refractivity contribution >= 4 is 28.8 Å². The molecule has 0 atom stereocenters. The van der Waals surface area contributed by atoms with Gasteiger partial charge in [0, 0.05) is 16.2 Å². The molecule has 8 aromatic carbocycles. The predicted octanol–water partition coefficient (Wildman–Crippen LogP) is 12.3. The SMILES string of the molecule is Cc1ccc2c(c1)C(C)(C)c1cc(-c3ccc4c(c3)C(C)(C)c3cc([Si](c5ccccc5)(c5ccccc5)c5ccc6c(c5)C(C)(C)c5cc(C)ccc5-6)ccc3-4)ccc1-2. The molecule has 60 heavy (non-hydrogen) atoms. The summed E-state index contributed by atoms with van der Waals surface area (Å²) < 4.78 is 0. The van der Waals surface area contributed by atoms with E-state index in [1.807, 2.05) is 0 Å². The third-order valence-corrected chi connectivity index (χ3v) is 19.7. The Bertz CT molecular complexity index is 3030. The maximum absolute atomic E-state index is 2.85. The molecule has 0 bridgehead atoms. The predicted molar refractivity (Wildman–Crippen MR) is 258 cm³/mol. The van der Waals surface area contributed by atoms with E-state index in [0.717, 1.165) is 0 Å². The quantitative estimate of drug-likeness (QED) is 0.120. The van der Waals surface area contributed by atoms with Crippen molar-refractivity contribution in [3.63, 3.8) is 0 Å². The van der Waals surface area contributed by atoms with Crippen molar-refractivity contribution in [3.05, 3.63) is 214 Å². The Labute approximate surface area is 357 Å². The standard InChI is InChI=1S/C59H52Si/c1-37-19-25-45-47-27-21-39(33-53(47)57(3,4)51(45)31-37)40-22-28-48-50-30-24-44(36-56(50)59(7,8)54(48)34-40)60(41-15-11-9-12-16-41,42-17-13-10-14-18-42)43-23-29-49-46-26-20-38(2)32-52(46)58(5,6)55(49)35-43/h9-36H,1-8H3. The van der Waals surface area contributed by atoms with Gasteiger partial charge in [-0.2, -0.15) is 0 Å². The van der Waals surface area contributed by atoms with Gasteiger partial charge < -0.3 is 0 Å². The summed E-state index contributed by atoms with van der Waals surface area (Å²) in [5, 5.41) is 5.68. The summed E-state index contributed by atoms with van der Waals surface area (Å²) in [7, 11) is -2.85. The van der Waals surface area contributed by atoms with E-state index in [9.17, 15) is 0 Å². The highest BCUT2D eigenvalue weighted by molar-refractivity contribution is 7.20. The minimum Gasteiger partial charge on any atom is -0.0623 e. The molecular formula is C59H52Si. The molecule has 0 spiro atoms. The zero-order valence-corrected chi connectivity index (χ0v) is 37.2. The molecule has 11 rings (SSSR count). The van der Waals surface area contributed by atoms with E-state index in [1.165, 1.54) is 110 Å². The first-order chi connectivity index (χ1) is 28.8. The van der Waals surface area contributed by atoms with Gasteiger partial charge in [-0.1, -0.05) is 210 Å². The average molecular weight is 789 g/mol. The lowest BCUT2D eigenvalue weighted by molar-refractivity contribution is 0.659. The van der Waals surface area contributed by atoms with Crippen LogP contribution >= 0.6 is 0 Å². The van der Waals surface area contributed by atoms with Gasteiger partial charge in [0.2, 0.25) is 0 Å². The summed E-state index contributed by atoms with van der Waals surface area (Å²) in [4.78, 5) is 0. The van der Waals surface area contributed by atoms with Crippen LogP contribution in [0.15, 0.2) is 170 Å². The molecule has 0 fully saturated rings. The first-order valence-electron chi connectivity index (χ1n) is 21.7. The zero-order valence-electron chi connectivity index (χ0n) is 36.2. The van der Waals surface area contributed by atoms with Gasteiger partial charge in [-0.05, 0) is 125 Å². The maximum Gasteiger partial charge on any atom is 0.179 e. The Morgan fingerprint density at radius 3 is 0.950 bits per heavy atom. The number of hydrogen-bond donors (Lipinski definition) is 0. The monoisotopic (exact) mass is 788 g/mol. The number of fused-ring (bicyclic) bond motifs is 9. The van der Waals surface area contributed by atoms with Gasteiger partial charge in [0.15, 0.2) is 8.07 Å². The smallest absolute Gasteiger partial charge is 0.0623 e. The van der Waals surface area contributed by atoms with Crippen LogP contribution in [0.5, 0.6) is 0 Å². The lowest BCUT2D eigenvalue weighted by atomic mass is 9.80. The lowest BCUT2D eigenvalue weighted by Gasteiger charge is -2.36. The fourth-order valence-corrected chi connectivity index (χ4v) is 16.4. The molecule has 0 heterocycles. The van der Waals surface area contributed by atoms with E-state index in [2.05, 4.69) is 225 Å². The van der Waals surface area contributed by atoms with E-state index in [-0.39, 0.29) is 16.2 Å².